The van der Waals surface area contributed by atoms with Crippen molar-refractivity contribution >= 4 is 0 Å². The Morgan fingerprint density at radius 3 is 2.78 bits per heavy atom. The molecule has 0 heterocycles. The Morgan fingerprint density at radius 1 is 1.50 bits per heavy atom. The Bertz CT molecular complexity index is 405. The monoisotopic (exact) mass is 252 g/mol. The maximum absolute atomic E-state index is 13.7. The second kappa shape index (κ2) is 5.67. The van der Waals surface area contributed by atoms with Crippen LogP contribution < -0.4 is 10.5 Å². The van der Waals surface area contributed by atoms with Crippen LogP contribution in [-0.4, -0.2) is 31.1 Å². The van der Waals surface area contributed by atoms with E-state index in [4.69, 9.17) is 10.5 Å². The summed E-state index contributed by atoms with van der Waals surface area (Å²) < 4.78 is 19.2. The van der Waals surface area contributed by atoms with Gasteiger partial charge in [0.2, 0.25) is 0 Å². The quantitative estimate of drug-likeness (QED) is 0.844. The van der Waals surface area contributed by atoms with Crippen LogP contribution in [0.3, 0.4) is 0 Å². The van der Waals surface area contributed by atoms with Crippen LogP contribution >= 0.6 is 0 Å². The van der Waals surface area contributed by atoms with Gasteiger partial charge in [-0.15, -0.1) is 0 Å². The van der Waals surface area contributed by atoms with Gasteiger partial charge in [0.25, 0.3) is 0 Å². The number of likely N-dealkylation sites (N-methyl/N-ethyl adjacent to an activating group) is 1. The SMILES string of the molecule is CC(N)c1ccc(OCCN(C)C2CC2)c(F)c1. The van der Waals surface area contributed by atoms with E-state index >= 15 is 0 Å². The lowest BCUT2D eigenvalue weighted by atomic mass is 10.1. The maximum Gasteiger partial charge on any atom is 0.165 e. The summed E-state index contributed by atoms with van der Waals surface area (Å²) in [7, 11) is 2.08. The van der Waals surface area contributed by atoms with Crippen LogP contribution in [0.4, 0.5) is 4.39 Å². The highest BCUT2D eigenvalue weighted by Gasteiger charge is 2.25. The summed E-state index contributed by atoms with van der Waals surface area (Å²) in [6, 6.07) is 5.47. The summed E-state index contributed by atoms with van der Waals surface area (Å²) >= 11 is 0. The van der Waals surface area contributed by atoms with Crippen LogP contribution in [0.25, 0.3) is 0 Å². The van der Waals surface area contributed by atoms with Crippen molar-refractivity contribution in [3.63, 3.8) is 0 Å². The Kier molecular flexibility index (Phi) is 4.19. The first kappa shape index (κ1) is 13.3. The standard InChI is InChI=1S/C14H21FN2O/c1-10(16)11-3-6-14(13(15)9-11)18-8-7-17(2)12-4-5-12/h3,6,9-10,12H,4-5,7-8,16H2,1-2H3. The zero-order chi connectivity index (χ0) is 13.1. The number of hydrogen-bond acceptors (Lipinski definition) is 3. The Hall–Kier alpha value is -1.13. The molecular formula is C14H21FN2O. The molecule has 4 heteroatoms. The predicted molar refractivity (Wildman–Crippen MR) is 70.1 cm³/mol. The first-order valence-corrected chi connectivity index (χ1v) is 6.46. The van der Waals surface area contributed by atoms with Gasteiger partial charge < -0.3 is 15.4 Å². The van der Waals surface area contributed by atoms with E-state index in [0.29, 0.717) is 18.4 Å². The van der Waals surface area contributed by atoms with Crippen molar-refractivity contribution in [2.24, 2.45) is 5.73 Å². The fourth-order valence-electron chi connectivity index (χ4n) is 1.91. The number of benzene rings is 1. The van der Waals surface area contributed by atoms with Crippen molar-refractivity contribution in [2.45, 2.75) is 31.8 Å². The molecule has 0 saturated heterocycles. The van der Waals surface area contributed by atoms with E-state index in [1.807, 2.05) is 13.0 Å². The van der Waals surface area contributed by atoms with Gasteiger partial charge in [0.05, 0.1) is 0 Å². The smallest absolute Gasteiger partial charge is 0.165 e. The number of halogens is 1. The highest BCUT2D eigenvalue weighted by atomic mass is 19.1. The molecule has 0 spiro atoms. The van der Waals surface area contributed by atoms with Gasteiger partial charge in [-0.05, 0) is 44.5 Å². The third-order valence-corrected chi connectivity index (χ3v) is 3.35. The average molecular weight is 252 g/mol. The molecule has 1 aromatic carbocycles. The first-order valence-electron chi connectivity index (χ1n) is 6.46. The molecule has 1 fully saturated rings. The molecule has 0 bridgehead atoms. The normalized spacial score (nSPS) is 16.9. The van der Waals surface area contributed by atoms with E-state index in [1.165, 1.54) is 18.9 Å². The summed E-state index contributed by atoms with van der Waals surface area (Å²) in [5, 5.41) is 0. The third-order valence-electron chi connectivity index (χ3n) is 3.35. The largest absolute Gasteiger partial charge is 0.489 e. The molecule has 2 rings (SSSR count). The van der Waals surface area contributed by atoms with Crippen molar-refractivity contribution in [3.8, 4) is 5.75 Å². The van der Waals surface area contributed by atoms with Gasteiger partial charge >= 0.3 is 0 Å². The Morgan fingerprint density at radius 2 is 2.22 bits per heavy atom. The molecule has 1 atom stereocenters. The van der Waals surface area contributed by atoms with Crippen molar-refractivity contribution in [1.82, 2.24) is 4.90 Å². The lowest BCUT2D eigenvalue weighted by molar-refractivity contribution is 0.225. The molecule has 3 nitrogen and oxygen atoms in total. The predicted octanol–water partition coefficient (Wildman–Crippen LogP) is 2.32. The van der Waals surface area contributed by atoms with Crippen molar-refractivity contribution in [3.05, 3.63) is 29.6 Å². The number of rotatable bonds is 6. The fraction of sp³-hybridized carbons (Fsp3) is 0.571. The van der Waals surface area contributed by atoms with Gasteiger partial charge in [-0.1, -0.05) is 6.07 Å². The van der Waals surface area contributed by atoms with Crippen LogP contribution in [0.15, 0.2) is 18.2 Å². The van der Waals surface area contributed by atoms with Gasteiger partial charge in [0.15, 0.2) is 11.6 Å². The molecule has 1 aliphatic rings. The summed E-state index contributed by atoms with van der Waals surface area (Å²) in [6.45, 7) is 3.18. The van der Waals surface area contributed by atoms with Crippen molar-refractivity contribution in [2.75, 3.05) is 20.2 Å². The molecule has 1 aromatic rings. The van der Waals surface area contributed by atoms with E-state index in [9.17, 15) is 4.39 Å². The van der Waals surface area contributed by atoms with Crippen LogP contribution in [0, 0.1) is 5.82 Å². The third kappa shape index (κ3) is 3.43. The molecule has 18 heavy (non-hydrogen) atoms. The lowest BCUT2D eigenvalue weighted by Gasteiger charge is -2.16. The van der Waals surface area contributed by atoms with Gasteiger partial charge in [0, 0.05) is 18.6 Å². The molecule has 2 N–H and O–H groups in total. The minimum Gasteiger partial charge on any atom is -0.489 e. The molecule has 1 saturated carbocycles. The minimum absolute atomic E-state index is 0.158. The highest BCUT2D eigenvalue weighted by molar-refractivity contribution is 5.30. The molecule has 0 aliphatic heterocycles. The highest BCUT2D eigenvalue weighted by Crippen LogP contribution is 2.25. The van der Waals surface area contributed by atoms with Gasteiger partial charge in [-0.2, -0.15) is 0 Å². The maximum atomic E-state index is 13.7. The number of ether oxygens (including phenoxy) is 1. The van der Waals surface area contributed by atoms with E-state index in [2.05, 4.69) is 11.9 Å². The van der Waals surface area contributed by atoms with Gasteiger partial charge in [0.1, 0.15) is 6.61 Å². The zero-order valence-corrected chi connectivity index (χ0v) is 11.0. The van der Waals surface area contributed by atoms with Gasteiger partial charge in [-0.3, -0.25) is 0 Å². The summed E-state index contributed by atoms with van der Waals surface area (Å²) in [4.78, 5) is 2.26. The number of nitrogens with two attached hydrogens (primary N) is 1. The molecule has 1 unspecified atom stereocenters. The van der Waals surface area contributed by atoms with Crippen molar-refractivity contribution < 1.29 is 9.13 Å². The van der Waals surface area contributed by atoms with E-state index in [-0.39, 0.29) is 11.9 Å². The van der Waals surface area contributed by atoms with Gasteiger partial charge in [-0.25, -0.2) is 4.39 Å². The summed E-state index contributed by atoms with van der Waals surface area (Å²) in [6.07, 6.45) is 2.54. The van der Waals surface area contributed by atoms with E-state index in [0.717, 1.165) is 12.1 Å². The van der Waals surface area contributed by atoms with E-state index in [1.54, 1.807) is 6.07 Å². The van der Waals surface area contributed by atoms with Crippen LogP contribution in [0.1, 0.15) is 31.4 Å². The number of nitrogens with zero attached hydrogens (tertiary/aromatic N) is 1. The molecular weight excluding hydrogens is 231 g/mol. The fourth-order valence-corrected chi connectivity index (χ4v) is 1.91. The average Bonchev–Trinajstić information content (AvgIpc) is 3.14. The Labute approximate surface area is 108 Å². The van der Waals surface area contributed by atoms with Crippen LogP contribution in [-0.2, 0) is 0 Å². The second-order valence-electron chi connectivity index (χ2n) is 5.04. The summed E-state index contributed by atoms with van der Waals surface area (Å²) in [5.74, 6) is -0.0255. The number of hydrogen-bond donors (Lipinski definition) is 1. The van der Waals surface area contributed by atoms with Crippen LogP contribution in [0.5, 0.6) is 5.75 Å². The Balaban J connectivity index is 1.85. The van der Waals surface area contributed by atoms with Crippen LogP contribution in [0.2, 0.25) is 0 Å². The molecule has 1 aliphatic carbocycles. The van der Waals surface area contributed by atoms with E-state index < -0.39 is 0 Å². The lowest BCUT2D eigenvalue weighted by Crippen LogP contribution is -2.26. The summed E-state index contributed by atoms with van der Waals surface area (Å²) in [5.41, 5.74) is 6.49. The first-order chi connectivity index (χ1) is 8.58. The molecule has 0 amide bonds. The second-order valence-corrected chi connectivity index (χ2v) is 5.04. The molecule has 100 valence electrons. The zero-order valence-electron chi connectivity index (χ0n) is 11.0. The minimum atomic E-state index is -0.334. The molecule has 0 radical (unpaired) electrons. The topological polar surface area (TPSA) is 38.5 Å². The molecule has 0 aromatic heterocycles. The van der Waals surface area contributed by atoms with Crippen molar-refractivity contribution in [1.29, 1.82) is 0 Å².